The Balaban J connectivity index is -0.0000000842. The van der Waals surface area contributed by atoms with E-state index in [0.717, 1.165) is 12.8 Å². The van der Waals surface area contributed by atoms with Gasteiger partial charge in [0.05, 0.1) is 6.61 Å². The molecule has 0 aromatic carbocycles. The third-order valence-corrected chi connectivity index (χ3v) is 1.68. The highest BCUT2D eigenvalue weighted by atomic mass is 31.0. The van der Waals surface area contributed by atoms with Gasteiger partial charge in [0.2, 0.25) is 0 Å². The number of carbonyl (C=O) groups excluding carboxylic acids is 1. The summed E-state index contributed by atoms with van der Waals surface area (Å²) < 4.78 is 15.7. The molecule has 0 bridgehead atoms. The molecule has 0 N–H and O–H groups in total. The molecular formula is C17H45O4P. The fraction of sp³-hybridized carbons (Fsp3) is 0.941. The van der Waals surface area contributed by atoms with Crippen LogP contribution < -0.4 is 0 Å². The Labute approximate surface area is 143 Å². The van der Waals surface area contributed by atoms with Crippen molar-refractivity contribution in [3.63, 3.8) is 0 Å². The van der Waals surface area contributed by atoms with Gasteiger partial charge in [-0.25, -0.2) is 0 Å². The van der Waals surface area contributed by atoms with E-state index in [1.807, 2.05) is 13.8 Å². The van der Waals surface area contributed by atoms with Crippen molar-refractivity contribution < 1.29 is 19.0 Å². The Morgan fingerprint density at radius 2 is 1.41 bits per heavy atom. The predicted molar refractivity (Wildman–Crippen MR) is 105 cm³/mol. The maximum Gasteiger partial charge on any atom is 0.302 e. The third-order valence-electron chi connectivity index (χ3n) is 1.68. The number of hydrogen-bond donors (Lipinski definition) is 0. The molecule has 0 aromatic rings. The van der Waals surface area contributed by atoms with Gasteiger partial charge in [0.15, 0.2) is 0 Å². The first kappa shape index (κ1) is 37.8. The Morgan fingerprint density at radius 1 is 0.955 bits per heavy atom. The highest BCUT2D eigenvalue weighted by Gasteiger charge is 2.10. The number of ether oxygens (including phenoxy) is 3. The van der Waals surface area contributed by atoms with Crippen LogP contribution in [0.4, 0.5) is 0 Å². The van der Waals surface area contributed by atoms with Crippen LogP contribution in [-0.4, -0.2) is 44.7 Å². The average molecular weight is 345 g/mol. The minimum atomic E-state index is -0.282. The molecule has 22 heavy (non-hydrogen) atoms. The summed E-state index contributed by atoms with van der Waals surface area (Å²) in [7, 11) is 2.58. The maximum absolute atomic E-state index is 10.6. The number of esters is 1. The summed E-state index contributed by atoms with van der Waals surface area (Å²) >= 11 is 0. The molecule has 5 heteroatoms. The molecular weight excluding hydrogens is 299 g/mol. The van der Waals surface area contributed by atoms with E-state index in [-0.39, 0.29) is 48.4 Å². The zero-order valence-corrected chi connectivity index (χ0v) is 13.4. The van der Waals surface area contributed by atoms with Crippen molar-refractivity contribution in [2.45, 2.75) is 76.3 Å². The quantitative estimate of drug-likeness (QED) is 0.328. The van der Waals surface area contributed by atoms with Crippen LogP contribution in [0, 0.1) is 0 Å². The first-order valence-corrected chi connectivity index (χ1v) is 7.46. The molecule has 0 aromatic heterocycles. The Hall–Kier alpha value is -0.180. The fourth-order valence-corrected chi connectivity index (χ4v) is 0.998. The summed E-state index contributed by atoms with van der Waals surface area (Å²) in [6.45, 7) is 9.71. The van der Waals surface area contributed by atoms with Crippen molar-refractivity contribution in [2.24, 2.45) is 0 Å². The predicted octanol–water partition coefficient (Wildman–Crippen LogP) is 5.20. The average Bonchev–Trinajstić information content (AvgIpc) is 2.33. The summed E-state index contributed by atoms with van der Waals surface area (Å²) in [4.78, 5) is 10.6. The molecule has 2 unspecified atom stereocenters. The van der Waals surface area contributed by atoms with Gasteiger partial charge in [-0.15, -0.1) is 9.24 Å². The Bertz CT molecular complexity index is 178. The molecule has 0 fully saturated rings. The Morgan fingerprint density at radius 3 is 1.77 bits per heavy atom. The Kier molecular flexibility index (Phi) is 56.1. The van der Waals surface area contributed by atoms with Crippen molar-refractivity contribution in [3.8, 4) is 0 Å². The van der Waals surface area contributed by atoms with Gasteiger partial charge in [0.1, 0.15) is 12.7 Å². The van der Waals surface area contributed by atoms with Gasteiger partial charge < -0.3 is 14.2 Å². The third kappa shape index (κ3) is 36.8. The molecule has 0 amide bonds. The van der Waals surface area contributed by atoms with Crippen molar-refractivity contribution in [3.05, 3.63) is 0 Å². The first-order valence-electron chi connectivity index (χ1n) is 6.64. The van der Waals surface area contributed by atoms with Crippen LogP contribution in [0.15, 0.2) is 0 Å². The van der Waals surface area contributed by atoms with Crippen LogP contribution in [0.1, 0.15) is 70.2 Å². The highest BCUT2D eigenvalue weighted by Crippen LogP contribution is 1.98. The second-order valence-electron chi connectivity index (χ2n) is 3.78. The van der Waals surface area contributed by atoms with Crippen LogP contribution in [0.25, 0.3) is 0 Å². The number of rotatable bonds is 9. The van der Waals surface area contributed by atoms with Crippen LogP contribution >= 0.6 is 9.24 Å². The van der Waals surface area contributed by atoms with Crippen LogP contribution in [-0.2, 0) is 19.0 Å². The number of carbonyl (C=O) groups is 1. The van der Waals surface area contributed by atoms with E-state index >= 15 is 0 Å². The zero-order valence-electron chi connectivity index (χ0n) is 12.2. The minimum Gasteiger partial charge on any atom is -0.463 e. The molecule has 0 saturated carbocycles. The zero-order chi connectivity index (χ0) is 14.2. The van der Waals surface area contributed by atoms with Crippen molar-refractivity contribution in [2.75, 3.05) is 32.6 Å². The molecule has 0 spiro atoms. The van der Waals surface area contributed by atoms with Crippen molar-refractivity contribution in [1.29, 1.82) is 0 Å². The summed E-state index contributed by atoms with van der Waals surface area (Å²) in [6, 6.07) is 0. The lowest BCUT2D eigenvalue weighted by atomic mass is 10.4. The van der Waals surface area contributed by atoms with Gasteiger partial charge in [-0.3, -0.25) is 4.79 Å². The SMILES string of the molecule is C.C.C.C.CCCOCC(COC(C)=O)OCCC.CCP. The van der Waals surface area contributed by atoms with Gasteiger partial charge in [-0.2, -0.15) is 0 Å². The molecule has 0 saturated heterocycles. The first-order chi connectivity index (χ1) is 8.62. The van der Waals surface area contributed by atoms with Gasteiger partial charge in [0.25, 0.3) is 0 Å². The van der Waals surface area contributed by atoms with Gasteiger partial charge in [-0.1, -0.05) is 50.5 Å². The van der Waals surface area contributed by atoms with E-state index in [2.05, 4.69) is 16.2 Å². The van der Waals surface area contributed by atoms with Gasteiger partial charge in [-0.05, 0) is 19.0 Å². The largest absolute Gasteiger partial charge is 0.463 e. The molecule has 0 rings (SSSR count). The monoisotopic (exact) mass is 344 g/mol. The van der Waals surface area contributed by atoms with Gasteiger partial charge in [0, 0.05) is 20.1 Å². The molecule has 142 valence electrons. The normalized spacial score (nSPS) is 9.32. The summed E-state index contributed by atoms with van der Waals surface area (Å²) in [6.07, 6.45) is 2.96. The van der Waals surface area contributed by atoms with E-state index in [1.165, 1.54) is 13.1 Å². The fourth-order valence-electron chi connectivity index (χ4n) is 0.998. The second-order valence-corrected chi connectivity index (χ2v) is 4.60. The summed E-state index contributed by atoms with van der Waals surface area (Å²) in [5.74, 6) is -0.282. The standard InChI is InChI=1S/C11H22O4.C2H7P.4CH4/c1-4-6-13-8-11(14-7-5-2)9-15-10(3)12;1-2-3;;;;/h11H,4-9H2,1-3H3;2-3H2,1H3;4*1H4. The maximum atomic E-state index is 10.6. The smallest absolute Gasteiger partial charge is 0.302 e. The van der Waals surface area contributed by atoms with E-state index in [1.54, 1.807) is 0 Å². The molecule has 0 aliphatic carbocycles. The summed E-state index contributed by atoms with van der Waals surface area (Å²) in [5.41, 5.74) is 0. The molecule has 2 atom stereocenters. The minimum absolute atomic E-state index is 0. The van der Waals surface area contributed by atoms with E-state index < -0.39 is 0 Å². The molecule has 0 heterocycles. The lowest BCUT2D eigenvalue weighted by Gasteiger charge is -2.17. The summed E-state index contributed by atoms with van der Waals surface area (Å²) in [5, 5.41) is 0. The molecule has 0 aliphatic heterocycles. The lowest BCUT2D eigenvalue weighted by molar-refractivity contribution is -0.147. The van der Waals surface area contributed by atoms with Crippen molar-refractivity contribution >= 4 is 15.2 Å². The van der Waals surface area contributed by atoms with Crippen LogP contribution in [0.5, 0.6) is 0 Å². The second kappa shape index (κ2) is 32.7. The van der Waals surface area contributed by atoms with Crippen LogP contribution in [0.3, 0.4) is 0 Å². The molecule has 0 aliphatic rings. The van der Waals surface area contributed by atoms with E-state index in [9.17, 15) is 4.79 Å². The number of hydrogen-bond acceptors (Lipinski definition) is 4. The van der Waals surface area contributed by atoms with E-state index in [4.69, 9.17) is 14.2 Å². The molecule has 4 nitrogen and oxygen atoms in total. The van der Waals surface area contributed by atoms with E-state index in [0.29, 0.717) is 19.8 Å². The topological polar surface area (TPSA) is 44.8 Å². The van der Waals surface area contributed by atoms with Crippen molar-refractivity contribution in [1.82, 2.24) is 0 Å². The van der Waals surface area contributed by atoms with Gasteiger partial charge >= 0.3 is 5.97 Å². The molecule has 0 radical (unpaired) electrons. The lowest BCUT2D eigenvalue weighted by Crippen LogP contribution is -2.27. The van der Waals surface area contributed by atoms with Crippen LogP contribution in [0.2, 0.25) is 0 Å². The highest BCUT2D eigenvalue weighted by molar-refractivity contribution is 7.16.